The van der Waals surface area contributed by atoms with E-state index in [1.165, 1.54) is 23.4 Å². The SMILES string of the molecule is Cc1cccc(N2CCN(CCCNC(=O)c3nnc(Cc4c(F)cccc4Cl)o3)C[C@H]2C)c1. The highest BCUT2D eigenvalue weighted by Gasteiger charge is 2.24. The Kier molecular flexibility index (Phi) is 7.80. The van der Waals surface area contributed by atoms with Gasteiger partial charge in [0, 0.05) is 48.5 Å². The van der Waals surface area contributed by atoms with Gasteiger partial charge < -0.3 is 14.6 Å². The molecule has 0 unspecified atom stereocenters. The van der Waals surface area contributed by atoms with Crippen molar-refractivity contribution in [1.29, 1.82) is 0 Å². The smallest absolute Gasteiger partial charge is 0.308 e. The van der Waals surface area contributed by atoms with Gasteiger partial charge in [0.2, 0.25) is 5.89 Å². The molecule has 4 rings (SSSR count). The Morgan fingerprint density at radius 2 is 2.06 bits per heavy atom. The number of halogens is 2. The number of aryl methyl sites for hydroxylation is 1. The number of aromatic nitrogens is 2. The molecule has 2 heterocycles. The molecule has 34 heavy (non-hydrogen) atoms. The first-order valence-corrected chi connectivity index (χ1v) is 11.9. The first kappa shape index (κ1) is 24.2. The van der Waals surface area contributed by atoms with Crippen molar-refractivity contribution in [1.82, 2.24) is 20.4 Å². The maximum atomic E-state index is 13.9. The zero-order chi connectivity index (χ0) is 24.1. The number of anilines is 1. The summed E-state index contributed by atoms with van der Waals surface area (Å²) in [6.45, 7) is 8.71. The van der Waals surface area contributed by atoms with Crippen molar-refractivity contribution in [2.24, 2.45) is 0 Å². The standard InChI is InChI=1S/C25H29ClFN5O2/c1-17-6-3-7-19(14-17)32-13-12-31(16-18(32)2)11-5-10-28-24(33)25-30-29-23(34-25)15-20-21(26)8-4-9-22(20)27/h3-4,6-9,14,18H,5,10-13,15-16H2,1-2H3,(H,28,33)/t18-/m1/s1. The summed E-state index contributed by atoms with van der Waals surface area (Å²) >= 11 is 6.04. The predicted octanol–water partition coefficient (Wildman–Crippen LogP) is 4.09. The van der Waals surface area contributed by atoms with Gasteiger partial charge in [-0.3, -0.25) is 9.69 Å². The average Bonchev–Trinajstić information content (AvgIpc) is 3.28. The fraction of sp³-hybridized carbons (Fsp3) is 0.400. The van der Waals surface area contributed by atoms with E-state index in [-0.39, 0.29) is 28.8 Å². The molecular formula is C25H29ClFN5O2. The molecule has 3 aromatic rings. The Morgan fingerprint density at radius 1 is 1.24 bits per heavy atom. The summed E-state index contributed by atoms with van der Waals surface area (Å²) < 4.78 is 19.4. The van der Waals surface area contributed by atoms with Gasteiger partial charge in [0.05, 0.1) is 6.42 Å². The molecule has 7 nitrogen and oxygen atoms in total. The molecule has 0 spiro atoms. The zero-order valence-corrected chi connectivity index (χ0v) is 20.2. The fourth-order valence-corrected chi connectivity index (χ4v) is 4.51. The minimum Gasteiger partial charge on any atom is -0.417 e. The second kappa shape index (κ2) is 11.0. The van der Waals surface area contributed by atoms with Crippen LogP contribution < -0.4 is 10.2 Å². The van der Waals surface area contributed by atoms with Gasteiger partial charge in [-0.1, -0.05) is 29.8 Å². The van der Waals surface area contributed by atoms with E-state index in [0.717, 1.165) is 32.6 Å². The van der Waals surface area contributed by atoms with Crippen LogP contribution in [-0.4, -0.2) is 59.8 Å². The molecule has 1 amide bonds. The third kappa shape index (κ3) is 5.93. The summed E-state index contributed by atoms with van der Waals surface area (Å²) in [6.07, 6.45) is 0.841. The summed E-state index contributed by atoms with van der Waals surface area (Å²) in [4.78, 5) is 17.2. The average molecular weight is 486 g/mol. The molecule has 1 aliphatic heterocycles. The highest BCUT2D eigenvalue weighted by atomic mass is 35.5. The molecule has 1 aliphatic rings. The number of hydrogen-bond acceptors (Lipinski definition) is 6. The largest absolute Gasteiger partial charge is 0.417 e. The minimum atomic E-state index is -0.453. The Bertz CT molecular complexity index is 1120. The van der Waals surface area contributed by atoms with Crippen LogP contribution in [0.5, 0.6) is 0 Å². The van der Waals surface area contributed by atoms with E-state index in [1.807, 2.05) is 0 Å². The quantitative estimate of drug-likeness (QED) is 0.484. The number of hydrogen-bond donors (Lipinski definition) is 1. The molecule has 180 valence electrons. The molecule has 0 aliphatic carbocycles. The van der Waals surface area contributed by atoms with Crippen LogP contribution >= 0.6 is 11.6 Å². The first-order chi connectivity index (χ1) is 16.4. The van der Waals surface area contributed by atoms with Gasteiger partial charge in [-0.05, 0) is 56.6 Å². The third-order valence-corrected chi connectivity index (χ3v) is 6.39. The van der Waals surface area contributed by atoms with Crippen molar-refractivity contribution in [3.8, 4) is 0 Å². The highest BCUT2D eigenvalue weighted by Crippen LogP contribution is 2.23. The summed E-state index contributed by atoms with van der Waals surface area (Å²) in [6, 6.07) is 13.5. The van der Waals surface area contributed by atoms with Crippen molar-refractivity contribution in [2.75, 3.05) is 37.6 Å². The summed E-state index contributed by atoms with van der Waals surface area (Å²) in [7, 11) is 0. The van der Waals surface area contributed by atoms with Gasteiger partial charge in [0.1, 0.15) is 5.82 Å². The topological polar surface area (TPSA) is 74.5 Å². The van der Waals surface area contributed by atoms with Gasteiger partial charge in [0.15, 0.2) is 0 Å². The zero-order valence-electron chi connectivity index (χ0n) is 19.4. The van der Waals surface area contributed by atoms with Crippen molar-refractivity contribution in [3.05, 3.63) is 76.2 Å². The van der Waals surface area contributed by atoms with Crippen LogP contribution in [0, 0.1) is 12.7 Å². The number of piperazine rings is 1. The van der Waals surface area contributed by atoms with Crippen molar-refractivity contribution < 1.29 is 13.6 Å². The molecule has 1 fully saturated rings. The van der Waals surface area contributed by atoms with Gasteiger partial charge in [-0.2, -0.15) is 0 Å². The summed E-state index contributed by atoms with van der Waals surface area (Å²) in [5, 5.41) is 10.7. The molecule has 0 bridgehead atoms. The lowest BCUT2D eigenvalue weighted by Gasteiger charge is -2.41. The summed E-state index contributed by atoms with van der Waals surface area (Å²) in [5.41, 5.74) is 2.80. The van der Waals surface area contributed by atoms with E-state index in [9.17, 15) is 9.18 Å². The molecule has 1 N–H and O–H groups in total. The van der Waals surface area contributed by atoms with E-state index >= 15 is 0 Å². The van der Waals surface area contributed by atoms with Crippen LogP contribution in [0.1, 0.15) is 41.0 Å². The van der Waals surface area contributed by atoms with Gasteiger partial charge in [-0.25, -0.2) is 4.39 Å². The maximum absolute atomic E-state index is 13.9. The number of nitrogens with one attached hydrogen (secondary N) is 1. The number of rotatable bonds is 8. The molecule has 0 radical (unpaired) electrons. The van der Waals surface area contributed by atoms with Gasteiger partial charge >= 0.3 is 11.8 Å². The number of carbonyl (C=O) groups excluding carboxylic acids is 1. The lowest BCUT2D eigenvalue weighted by Crippen LogP contribution is -2.52. The monoisotopic (exact) mass is 485 g/mol. The summed E-state index contributed by atoms with van der Waals surface area (Å²) in [5.74, 6) is -0.887. The van der Waals surface area contributed by atoms with E-state index < -0.39 is 11.7 Å². The molecule has 9 heteroatoms. The van der Waals surface area contributed by atoms with Crippen LogP contribution in [0.4, 0.5) is 10.1 Å². The van der Waals surface area contributed by atoms with Gasteiger partial charge in [-0.15, -0.1) is 10.2 Å². The van der Waals surface area contributed by atoms with Crippen LogP contribution in [-0.2, 0) is 6.42 Å². The van der Waals surface area contributed by atoms with E-state index in [2.05, 4.69) is 63.4 Å². The minimum absolute atomic E-state index is 0.0263. The second-order valence-electron chi connectivity index (χ2n) is 8.67. The Hall–Kier alpha value is -2.97. The number of amides is 1. The highest BCUT2D eigenvalue weighted by molar-refractivity contribution is 6.31. The van der Waals surface area contributed by atoms with Crippen molar-refractivity contribution >= 4 is 23.2 Å². The Balaban J connectivity index is 1.20. The predicted molar refractivity (Wildman–Crippen MR) is 130 cm³/mol. The molecule has 1 saturated heterocycles. The number of nitrogens with zero attached hydrogens (tertiary/aromatic N) is 4. The van der Waals surface area contributed by atoms with E-state index in [0.29, 0.717) is 12.6 Å². The number of benzene rings is 2. The Morgan fingerprint density at radius 3 is 2.82 bits per heavy atom. The van der Waals surface area contributed by atoms with E-state index in [1.54, 1.807) is 6.07 Å². The van der Waals surface area contributed by atoms with Crippen LogP contribution in [0.2, 0.25) is 5.02 Å². The van der Waals surface area contributed by atoms with Crippen LogP contribution in [0.3, 0.4) is 0 Å². The van der Waals surface area contributed by atoms with E-state index in [4.69, 9.17) is 16.0 Å². The molecule has 1 atom stereocenters. The Labute approximate surface area is 203 Å². The lowest BCUT2D eigenvalue weighted by atomic mass is 10.1. The molecule has 1 aromatic heterocycles. The molecule has 2 aromatic carbocycles. The lowest BCUT2D eigenvalue weighted by molar-refractivity contribution is 0.0914. The third-order valence-electron chi connectivity index (χ3n) is 6.03. The van der Waals surface area contributed by atoms with Gasteiger partial charge in [0.25, 0.3) is 0 Å². The molecule has 0 saturated carbocycles. The van der Waals surface area contributed by atoms with Crippen LogP contribution in [0.25, 0.3) is 0 Å². The van der Waals surface area contributed by atoms with Crippen molar-refractivity contribution in [3.63, 3.8) is 0 Å². The molecular weight excluding hydrogens is 457 g/mol. The maximum Gasteiger partial charge on any atom is 0.308 e. The second-order valence-corrected chi connectivity index (χ2v) is 9.08. The van der Waals surface area contributed by atoms with Crippen LogP contribution in [0.15, 0.2) is 46.9 Å². The first-order valence-electron chi connectivity index (χ1n) is 11.5. The normalized spacial score (nSPS) is 16.6. The van der Waals surface area contributed by atoms with Crippen molar-refractivity contribution in [2.45, 2.75) is 32.7 Å². The number of carbonyl (C=O) groups is 1. The fourth-order valence-electron chi connectivity index (χ4n) is 4.28.